The van der Waals surface area contributed by atoms with Crippen LogP contribution >= 0.6 is 11.6 Å². The maximum absolute atomic E-state index is 12.7. The molecule has 0 bridgehead atoms. The van der Waals surface area contributed by atoms with Crippen molar-refractivity contribution in [1.29, 1.82) is 0 Å². The highest BCUT2D eigenvalue weighted by Gasteiger charge is 2.16. The van der Waals surface area contributed by atoms with Crippen LogP contribution in [-0.4, -0.2) is 10.1 Å². The van der Waals surface area contributed by atoms with Crippen molar-refractivity contribution in [3.63, 3.8) is 0 Å². The lowest BCUT2D eigenvalue weighted by Crippen LogP contribution is -2.10. The van der Waals surface area contributed by atoms with Crippen molar-refractivity contribution in [3.8, 4) is 28.0 Å². The summed E-state index contributed by atoms with van der Waals surface area (Å²) >= 11 is 5.97. The third kappa shape index (κ3) is 3.67. The zero-order valence-electron chi connectivity index (χ0n) is 16.1. The standard InChI is InChI=1S/C22H16ClNO2.C2H6/c1-13-6-7-15(14-8-10-16(23)11-9-14)12-18(13)20-21(25)17-4-2-3-5-19(17)24-22(20)26;1-2/h2-12H,1H3,(H2,24,25,26);1-2H3. The Morgan fingerprint density at radius 3 is 2.25 bits per heavy atom. The fourth-order valence-corrected chi connectivity index (χ4v) is 3.31. The average Bonchev–Trinajstić information content (AvgIpc) is 2.71. The molecule has 0 saturated carbocycles. The quantitative estimate of drug-likeness (QED) is 0.406. The molecule has 28 heavy (non-hydrogen) atoms. The summed E-state index contributed by atoms with van der Waals surface area (Å²) in [7, 11) is 0. The fraction of sp³-hybridized carbons (Fsp3) is 0.125. The molecule has 4 rings (SSSR count). The molecule has 142 valence electrons. The Morgan fingerprint density at radius 2 is 1.54 bits per heavy atom. The third-order valence-corrected chi connectivity index (χ3v) is 4.83. The molecule has 1 heterocycles. The number of halogens is 1. The minimum Gasteiger partial charge on any atom is -0.506 e. The number of rotatable bonds is 2. The maximum atomic E-state index is 12.7. The van der Waals surface area contributed by atoms with Crippen molar-refractivity contribution in [2.24, 2.45) is 0 Å². The number of para-hydroxylation sites is 1. The van der Waals surface area contributed by atoms with Crippen LogP contribution in [0.25, 0.3) is 33.2 Å². The molecule has 3 aromatic carbocycles. The van der Waals surface area contributed by atoms with E-state index in [9.17, 15) is 9.90 Å². The van der Waals surface area contributed by atoms with Crippen molar-refractivity contribution in [3.05, 3.63) is 87.7 Å². The highest BCUT2D eigenvalue weighted by Crippen LogP contribution is 2.35. The molecule has 4 heteroatoms. The number of pyridine rings is 1. The Balaban J connectivity index is 0.00000109. The van der Waals surface area contributed by atoms with E-state index in [-0.39, 0.29) is 16.9 Å². The largest absolute Gasteiger partial charge is 0.506 e. The maximum Gasteiger partial charge on any atom is 0.260 e. The minimum atomic E-state index is -0.308. The Morgan fingerprint density at radius 1 is 0.893 bits per heavy atom. The lowest BCUT2D eigenvalue weighted by molar-refractivity contribution is 0.482. The highest BCUT2D eigenvalue weighted by atomic mass is 35.5. The molecule has 1 aromatic heterocycles. The second kappa shape index (κ2) is 8.32. The first-order chi connectivity index (χ1) is 13.5. The van der Waals surface area contributed by atoms with Crippen molar-refractivity contribution in [1.82, 2.24) is 4.98 Å². The molecule has 0 aliphatic heterocycles. The summed E-state index contributed by atoms with van der Waals surface area (Å²) in [5.74, 6) is 0.000654. The number of aromatic nitrogens is 1. The Bertz CT molecular complexity index is 1180. The van der Waals surface area contributed by atoms with E-state index in [0.29, 0.717) is 21.5 Å². The molecule has 3 nitrogen and oxygen atoms in total. The van der Waals surface area contributed by atoms with E-state index in [1.165, 1.54) is 0 Å². The molecule has 2 N–H and O–H groups in total. The monoisotopic (exact) mass is 391 g/mol. The number of fused-ring (bicyclic) bond motifs is 1. The van der Waals surface area contributed by atoms with Crippen LogP contribution in [0.5, 0.6) is 5.75 Å². The van der Waals surface area contributed by atoms with E-state index < -0.39 is 0 Å². The Hall–Kier alpha value is -3.04. The molecule has 0 unspecified atom stereocenters. The molecule has 0 saturated heterocycles. The van der Waals surface area contributed by atoms with Gasteiger partial charge in [0, 0.05) is 10.4 Å². The van der Waals surface area contributed by atoms with Gasteiger partial charge < -0.3 is 10.1 Å². The first kappa shape index (κ1) is 19.7. The van der Waals surface area contributed by atoms with Gasteiger partial charge in [-0.25, -0.2) is 0 Å². The lowest BCUT2D eigenvalue weighted by atomic mass is 9.94. The second-order valence-electron chi connectivity index (χ2n) is 6.26. The molecule has 0 aliphatic carbocycles. The van der Waals surface area contributed by atoms with E-state index in [0.717, 1.165) is 16.7 Å². The molecule has 0 amide bonds. The number of hydrogen-bond acceptors (Lipinski definition) is 2. The van der Waals surface area contributed by atoms with Gasteiger partial charge in [-0.15, -0.1) is 0 Å². The van der Waals surface area contributed by atoms with Crippen LogP contribution in [0, 0.1) is 6.92 Å². The highest BCUT2D eigenvalue weighted by molar-refractivity contribution is 6.30. The first-order valence-corrected chi connectivity index (χ1v) is 9.63. The van der Waals surface area contributed by atoms with Gasteiger partial charge in [0.2, 0.25) is 0 Å². The van der Waals surface area contributed by atoms with Gasteiger partial charge in [0.1, 0.15) is 5.75 Å². The van der Waals surface area contributed by atoms with Gasteiger partial charge in [-0.05, 0) is 59.5 Å². The number of aryl methyl sites for hydroxylation is 1. The summed E-state index contributed by atoms with van der Waals surface area (Å²) in [6.07, 6.45) is 0. The van der Waals surface area contributed by atoms with Gasteiger partial charge in [-0.3, -0.25) is 4.79 Å². The van der Waals surface area contributed by atoms with Crippen LogP contribution in [0.3, 0.4) is 0 Å². The molecular weight excluding hydrogens is 370 g/mol. The zero-order valence-corrected chi connectivity index (χ0v) is 16.8. The van der Waals surface area contributed by atoms with Crippen molar-refractivity contribution in [2.75, 3.05) is 0 Å². The predicted octanol–water partition coefficient (Wildman–Crippen LogP) is 6.56. The van der Waals surface area contributed by atoms with Gasteiger partial charge >= 0.3 is 0 Å². The number of aromatic amines is 1. The van der Waals surface area contributed by atoms with E-state index in [2.05, 4.69) is 4.98 Å². The topological polar surface area (TPSA) is 53.1 Å². The van der Waals surface area contributed by atoms with E-state index in [1.54, 1.807) is 12.1 Å². The summed E-state index contributed by atoms with van der Waals surface area (Å²) in [6.45, 7) is 5.93. The van der Waals surface area contributed by atoms with E-state index >= 15 is 0 Å². The molecule has 0 spiro atoms. The van der Waals surface area contributed by atoms with Crippen molar-refractivity contribution >= 4 is 22.5 Å². The molecule has 0 fully saturated rings. The fourth-order valence-electron chi connectivity index (χ4n) is 3.19. The van der Waals surface area contributed by atoms with Crippen LogP contribution in [-0.2, 0) is 0 Å². The number of benzene rings is 3. The van der Waals surface area contributed by atoms with Crippen molar-refractivity contribution in [2.45, 2.75) is 20.8 Å². The summed E-state index contributed by atoms with van der Waals surface area (Å²) in [6, 6.07) is 20.6. The molecular formula is C24H22ClNO2. The van der Waals surface area contributed by atoms with Gasteiger partial charge in [0.25, 0.3) is 5.56 Å². The molecule has 0 aliphatic rings. The van der Waals surface area contributed by atoms with Gasteiger partial charge in [-0.2, -0.15) is 0 Å². The van der Waals surface area contributed by atoms with Crippen LogP contribution < -0.4 is 5.56 Å². The van der Waals surface area contributed by atoms with Gasteiger partial charge in [-0.1, -0.05) is 61.8 Å². The van der Waals surface area contributed by atoms with Gasteiger partial charge in [0.05, 0.1) is 11.1 Å². The second-order valence-corrected chi connectivity index (χ2v) is 6.70. The molecule has 4 aromatic rings. The van der Waals surface area contributed by atoms with Gasteiger partial charge in [0.15, 0.2) is 0 Å². The number of H-pyrrole nitrogens is 1. The number of aromatic hydroxyl groups is 1. The predicted molar refractivity (Wildman–Crippen MR) is 118 cm³/mol. The van der Waals surface area contributed by atoms with Crippen LogP contribution in [0.4, 0.5) is 0 Å². The molecule has 0 atom stereocenters. The summed E-state index contributed by atoms with van der Waals surface area (Å²) in [4.78, 5) is 15.5. The smallest absolute Gasteiger partial charge is 0.260 e. The van der Waals surface area contributed by atoms with Crippen LogP contribution in [0.15, 0.2) is 71.5 Å². The summed E-state index contributed by atoms with van der Waals surface area (Å²) < 4.78 is 0. The van der Waals surface area contributed by atoms with E-state index in [4.69, 9.17) is 11.6 Å². The normalized spacial score (nSPS) is 10.4. The summed E-state index contributed by atoms with van der Waals surface area (Å²) in [5, 5.41) is 12.1. The number of hydrogen-bond donors (Lipinski definition) is 2. The minimum absolute atomic E-state index is 0.000654. The Kier molecular flexibility index (Phi) is 5.86. The van der Waals surface area contributed by atoms with Crippen LogP contribution in [0.1, 0.15) is 19.4 Å². The third-order valence-electron chi connectivity index (χ3n) is 4.58. The first-order valence-electron chi connectivity index (χ1n) is 9.25. The Labute approximate surface area is 169 Å². The summed E-state index contributed by atoms with van der Waals surface area (Å²) in [5.41, 5.74) is 4.17. The van der Waals surface area contributed by atoms with Crippen LogP contribution in [0.2, 0.25) is 5.02 Å². The zero-order chi connectivity index (χ0) is 20.3. The number of nitrogens with one attached hydrogen (secondary N) is 1. The lowest BCUT2D eigenvalue weighted by Gasteiger charge is -2.12. The average molecular weight is 392 g/mol. The molecule has 0 radical (unpaired) electrons. The van der Waals surface area contributed by atoms with E-state index in [1.807, 2.05) is 75.4 Å². The SMILES string of the molecule is CC.Cc1ccc(-c2ccc(Cl)cc2)cc1-c1c(O)c2ccccc2[nH]c1=O. The van der Waals surface area contributed by atoms with Crippen molar-refractivity contribution < 1.29 is 5.11 Å².